The van der Waals surface area contributed by atoms with Crippen molar-refractivity contribution >= 4 is 17.5 Å². The number of carbonyl (C=O) groups is 2. The van der Waals surface area contributed by atoms with Crippen LogP contribution in [-0.2, 0) is 9.59 Å². The van der Waals surface area contributed by atoms with E-state index < -0.39 is 12.1 Å². The van der Waals surface area contributed by atoms with Crippen molar-refractivity contribution in [1.29, 1.82) is 5.26 Å². The Hall–Kier alpha value is -2.39. The van der Waals surface area contributed by atoms with Crippen LogP contribution in [0, 0.1) is 17.2 Å². The molecular formula is C15H20N4O2. The Bertz CT molecular complexity index is 546. The summed E-state index contributed by atoms with van der Waals surface area (Å²) in [7, 11) is 0. The summed E-state index contributed by atoms with van der Waals surface area (Å²) in [4.78, 5) is 23.7. The van der Waals surface area contributed by atoms with Crippen LogP contribution in [0.15, 0.2) is 24.3 Å². The van der Waals surface area contributed by atoms with Crippen molar-refractivity contribution in [1.82, 2.24) is 5.32 Å². The molecular weight excluding hydrogens is 268 g/mol. The van der Waals surface area contributed by atoms with E-state index in [0.29, 0.717) is 11.3 Å². The van der Waals surface area contributed by atoms with Crippen LogP contribution in [0.1, 0.15) is 26.3 Å². The molecule has 0 bridgehead atoms. The second-order valence-corrected chi connectivity index (χ2v) is 5.18. The fourth-order valence-corrected chi connectivity index (χ4v) is 1.56. The molecule has 0 aliphatic carbocycles. The predicted molar refractivity (Wildman–Crippen MR) is 80.2 cm³/mol. The second kappa shape index (κ2) is 7.41. The van der Waals surface area contributed by atoms with Crippen LogP contribution in [0.3, 0.4) is 0 Å². The highest BCUT2D eigenvalue weighted by atomic mass is 16.2. The third kappa shape index (κ3) is 4.89. The first-order chi connectivity index (χ1) is 9.85. The standard InChI is InChI=1S/C15H20N4O2/c1-9(2)13(17)15(21)18-10(3)14(20)19-12-6-4-11(8-16)5-7-12/h4-7,9-10,13H,17H2,1-3H3,(H,18,21)(H,19,20)/t10-,13?/m0/s1. The molecule has 112 valence electrons. The van der Waals surface area contributed by atoms with Gasteiger partial charge in [-0.1, -0.05) is 13.8 Å². The number of rotatable bonds is 5. The summed E-state index contributed by atoms with van der Waals surface area (Å²) in [6.45, 7) is 5.27. The largest absolute Gasteiger partial charge is 0.343 e. The summed E-state index contributed by atoms with van der Waals surface area (Å²) < 4.78 is 0. The fraction of sp³-hybridized carbons (Fsp3) is 0.400. The van der Waals surface area contributed by atoms with Gasteiger partial charge in [0, 0.05) is 5.69 Å². The highest BCUT2D eigenvalue weighted by Crippen LogP contribution is 2.09. The molecule has 2 amide bonds. The van der Waals surface area contributed by atoms with Gasteiger partial charge in [-0.15, -0.1) is 0 Å². The number of nitrogens with zero attached hydrogens (tertiary/aromatic N) is 1. The minimum absolute atomic E-state index is 0.00112. The van der Waals surface area contributed by atoms with Crippen molar-refractivity contribution in [3.63, 3.8) is 0 Å². The molecule has 0 heterocycles. The Morgan fingerprint density at radius 3 is 2.19 bits per heavy atom. The van der Waals surface area contributed by atoms with Crippen LogP contribution in [0.4, 0.5) is 5.69 Å². The highest BCUT2D eigenvalue weighted by Gasteiger charge is 2.22. The molecule has 0 saturated heterocycles. The van der Waals surface area contributed by atoms with Gasteiger partial charge in [-0.25, -0.2) is 0 Å². The van der Waals surface area contributed by atoms with Crippen LogP contribution >= 0.6 is 0 Å². The first-order valence-electron chi connectivity index (χ1n) is 6.72. The Labute approximate surface area is 124 Å². The highest BCUT2D eigenvalue weighted by molar-refractivity contribution is 5.97. The number of nitriles is 1. The maximum absolute atomic E-state index is 12.0. The quantitative estimate of drug-likeness (QED) is 0.750. The average molecular weight is 288 g/mol. The molecule has 6 nitrogen and oxygen atoms in total. The lowest BCUT2D eigenvalue weighted by Gasteiger charge is -2.19. The summed E-state index contributed by atoms with van der Waals surface area (Å²) in [6, 6.07) is 7.13. The lowest BCUT2D eigenvalue weighted by molar-refractivity contribution is -0.127. The molecule has 21 heavy (non-hydrogen) atoms. The molecule has 1 unspecified atom stereocenters. The van der Waals surface area contributed by atoms with E-state index >= 15 is 0 Å². The van der Waals surface area contributed by atoms with Gasteiger partial charge in [-0.05, 0) is 37.1 Å². The van der Waals surface area contributed by atoms with Crippen molar-refractivity contribution in [2.24, 2.45) is 11.7 Å². The van der Waals surface area contributed by atoms with Crippen LogP contribution in [0.2, 0.25) is 0 Å². The summed E-state index contributed by atoms with van der Waals surface area (Å²) in [5.74, 6) is -0.699. The number of hydrogen-bond donors (Lipinski definition) is 3. The van der Waals surface area contributed by atoms with Gasteiger partial charge in [0.15, 0.2) is 0 Å². The Morgan fingerprint density at radius 1 is 1.14 bits per heavy atom. The summed E-state index contributed by atoms with van der Waals surface area (Å²) in [6.07, 6.45) is 0. The van der Waals surface area contributed by atoms with E-state index in [1.807, 2.05) is 19.9 Å². The molecule has 0 aliphatic rings. The van der Waals surface area contributed by atoms with Crippen LogP contribution in [0.25, 0.3) is 0 Å². The zero-order valence-corrected chi connectivity index (χ0v) is 12.4. The molecule has 0 radical (unpaired) electrons. The number of amides is 2. The lowest BCUT2D eigenvalue weighted by atomic mass is 10.0. The SMILES string of the molecule is CC(C)C(N)C(=O)N[C@@H](C)C(=O)Nc1ccc(C#N)cc1. The molecule has 0 fully saturated rings. The van der Waals surface area contributed by atoms with Gasteiger partial charge in [0.05, 0.1) is 17.7 Å². The maximum atomic E-state index is 12.0. The number of nitrogens with two attached hydrogens (primary N) is 1. The first-order valence-corrected chi connectivity index (χ1v) is 6.72. The molecule has 1 aromatic carbocycles. The van der Waals surface area contributed by atoms with E-state index in [1.54, 1.807) is 31.2 Å². The molecule has 1 rings (SSSR count). The van der Waals surface area contributed by atoms with E-state index in [0.717, 1.165) is 0 Å². The van der Waals surface area contributed by atoms with E-state index in [1.165, 1.54) is 0 Å². The molecule has 2 atom stereocenters. The number of nitrogens with one attached hydrogen (secondary N) is 2. The first kappa shape index (κ1) is 16.7. The third-order valence-corrected chi connectivity index (χ3v) is 3.05. The van der Waals surface area contributed by atoms with Gasteiger partial charge < -0.3 is 16.4 Å². The van der Waals surface area contributed by atoms with E-state index in [4.69, 9.17) is 11.0 Å². The maximum Gasteiger partial charge on any atom is 0.246 e. The molecule has 4 N–H and O–H groups in total. The van der Waals surface area contributed by atoms with Crippen molar-refractivity contribution in [3.8, 4) is 6.07 Å². The van der Waals surface area contributed by atoms with Crippen molar-refractivity contribution < 1.29 is 9.59 Å². The zero-order chi connectivity index (χ0) is 16.0. The van der Waals surface area contributed by atoms with Crippen LogP contribution in [0.5, 0.6) is 0 Å². The van der Waals surface area contributed by atoms with Crippen molar-refractivity contribution in [3.05, 3.63) is 29.8 Å². The average Bonchev–Trinajstić information content (AvgIpc) is 2.46. The smallest absolute Gasteiger partial charge is 0.246 e. The van der Waals surface area contributed by atoms with Crippen LogP contribution < -0.4 is 16.4 Å². The van der Waals surface area contributed by atoms with E-state index in [9.17, 15) is 9.59 Å². The summed E-state index contributed by atoms with van der Waals surface area (Å²) in [5.41, 5.74) is 6.79. The Kier molecular flexibility index (Phi) is 5.88. The minimum Gasteiger partial charge on any atom is -0.343 e. The van der Waals surface area contributed by atoms with Crippen molar-refractivity contribution in [2.45, 2.75) is 32.9 Å². The molecule has 0 aromatic heterocycles. The second-order valence-electron chi connectivity index (χ2n) is 5.18. The van der Waals surface area contributed by atoms with Gasteiger partial charge in [-0.2, -0.15) is 5.26 Å². The predicted octanol–water partition coefficient (Wildman–Crippen LogP) is 0.985. The summed E-state index contributed by atoms with van der Waals surface area (Å²) >= 11 is 0. The lowest BCUT2D eigenvalue weighted by Crippen LogP contribution is -2.50. The van der Waals surface area contributed by atoms with Gasteiger partial charge in [0.1, 0.15) is 6.04 Å². The topological polar surface area (TPSA) is 108 Å². The number of benzene rings is 1. The van der Waals surface area contributed by atoms with E-state index in [2.05, 4.69) is 10.6 Å². The fourth-order valence-electron chi connectivity index (χ4n) is 1.56. The molecule has 0 spiro atoms. The monoisotopic (exact) mass is 288 g/mol. The molecule has 0 saturated carbocycles. The molecule has 6 heteroatoms. The van der Waals surface area contributed by atoms with Crippen molar-refractivity contribution in [2.75, 3.05) is 5.32 Å². The van der Waals surface area contributed by atoms with Gasteiger partial charge in [0.2, 0.25) is 11.8 Å². The normalized spacial score (nSPS) is 13.1. The van der Waals surface area contributed by atoms with Crippen LogP contribution in [-0.4, -0.2) is 23.9 Å². The summed E-state index contributed by atoms with van der Waals surface area (Å²) in [5, 5.41) is 13.9. The third-order valence-electron chi connectivity index (χ3n) is 3.05. The van der Waals surface area contributed by atoms with Gasteiger partial charge >= 0.3 is 0 Å². The van der Waals surface area contributed by atoms with E-state index in [-0.39, 0.29) is 17.7 Å². The number of anilines is 1. The number of hydrogen-bond acceptors (Lipinski definition) is 4. The Balaban J connectivity index is 2.58. The Morgan fingerprint density at radius 2 is 1.71 bits per heavy atom. The van der Waals surface area contributed by atoms with Gasteiger partial charge in [0.25, 0.3) is 0 Å². The van der Waals surface area contributed by atoms with Gasteiger partial charge in [-0.3, -0.25) is 9.59 Å². The molecule has 1 aromatic rings. The zero-order valence-electron chi connectivity index (χ0n) is 12.4. The number of carbonyl (C=O) groups excluding carboxylic acids is 2. The minimum atomic E-state index is -0.696. The molecule has 0 aliphatic heterocycles.